The van der Waals surface area contributed by atoms with E-state index in [0.717, 1.165) is 24.2 Å². The number of hydrogen-bond donors (Lipinski definition) is 1. The summed E-state index contributed by atoms with van der Waals surface area (Å²) >= 11 is 0. The van der Waals surface area contributed by atoms with Gasteiger partial charge in [-0.15, -0.1) is 0 Å². The minimum absolute atomic E-state index is 0.206. The summed E-state index contributed by atoms with van der Waals surface area (Å²) in [5.74, 6) is 1.84. The third kappa shape index (κ3) is 4.70. The quantitative estimate of drug-likeness (QED) is 0.563. The molecule has 0 bridgehead atoms. The Morgan fingerprint density at radius 1 is 1.36 bits per heavy atom. The highest BCUT2D eigenvalue weighted by Crippen LogP contribution is 2.27. The van der Waals surface area contributed by atoms with E-state index in [9.17, 15) is 5.26 Å². The molecular weight excluding hydrogens is 316 g/mol. The lowest BCUT2D eigenvalue weighted by atomic mass is 10.0. The van der Waals surface area contributed by atoms with Gasteiger partial charge < -0.3 is 9.15 Å². The number of oxazole rings is 1. The smallest absolute Gasteiger partial charge is 0.252 e. The normalized spacial score (nSPS) is 11.3. The van der Waals surface area contributed by atoms with Gasteiger partial charge in [0.2, 0.25) is 11.6 Å². The fourth-order valence-electron chi connectivity index (χ4n) is 2.39. The molecule has 130 valence electrons. The fourth-order valence-corrected chi connectivity index (χ4v) is 2.39. The maximum absolute atomic E-state index is 9.18. The SMILES string of the molecule is CCC(CC)c1nc(C#N)c(NN=CC=Cc2ccccc2OC)o1. The number of aromatic nitrogens is 1. The number of ether oxygens (including phenoxy) is 1. The minimum Gasteiger partial charge on any atom is -0.496 e. The van der Waals surface area contributed by atoms with Crippen LogP contribution in [0.2, 0.25) is 0 Å². The van der Waals surface area contributed by atoms with Gasteiger partial charge in [0.15, 0.2) is 0 Å². The molecule has 2 rings (SSSR count). The second kappa shape index (κ2) is 9.28. The van der Waals surface area contributed by atoms with Gasteiger partial charge in [-0.25, -0.2) is 10.4 Å². The summed E-state index contributed by atoms with van der Waals surface area (Å²) in [5, 5.41) is 13.2. The van der Waals surface area contributed by atoms with Gasteiger partial charge in [-0.2, -0.15) is 10.4 Å². The van der Waals surface area contributed by atoms with Gasteiger partial charge in [-0.1, -0.05) is 32.0 Å². The summed E-state index contributed by atoms with van der Waals surface area (Å²) in [4.78, 5) is 4.24. The number of methoxy groups -OCH3 is 1. The van der Waals surface area contributed by atoms with Crippen LogP contribution in [-0.4, -0.2) is 18.3 Å². The predicted octanol–water partition coefficient (Wildman–Crippen LogP) is 4.57. The second-order valence-electron chi connectivity index (χ2n) is 5.35. The van der Waals surface area contributed by atoms with Gasteiger partial charge in [0, 0.05) is 17.7 Å². The topological polar surface area (TPSA) is 83.4 Å². The minimum atomic E-state index is 0.206. The van der Waals surface area contributed by atoms with Crippen molar-refractivity contribution in [2.45, 2.75) is 32.6 Å². The van der Waals surface area contributed by atoms with Crippen molar-refractivity contribution in [2.24, 2.45) is 5.10 Å². The van der Waals surface area contributed by atoms with Crippen LogP contribution in [0.5, 0.6) is 5.75 Å². The number of anilines is 1. The first-order valence-corrected chi connectivity index (χ1v) is 8.23. The highest BCUT2D eigenvalue weighted by atomic mass is 16.5. The van der Waals surface area contributed by atoms with E-state index in [0.29, 0.717) is 5.89 Å². The van der Waals surface area contributed by atoms with Crippen molar-refractivity contribution >= 4 is 18.2 Å². The van der Waals surface area contributed by atoms with E-state index in [4.69, 9.17) is 9.15 Å². The van der Waals surface area contributed by atoms with Gasteiger partial charge in [-0.3, -0.25) is 0 Å². The highest BCUT2D eigenvalue weighted by molar-refractivity contribution is 5.79. The Bertz CT molecular complexity index is 783. The van der Waals surface area contributed by atoms with Crippen LogP contribution in [0.3, 0.4) is 0 Å². The molecule has 6 heteroatoms. The van der Waals surface area contributed by atoms with Gasteiger partial charge in [0.05, 0.1) is 7.11 Å². The number of benzene rings is 1. The van der Waals surface area contributed by atoms with Crippen molar-refractivity contribution in [1.82, 2.24) is 4.98 Å². The molecule has 0 fully saturated rings. The van der Waals surface area contributed by atoms with Crippen LogP contribution < -0.4 is 10.2 Å². The van der Waals surface area contributed by atoms with Crippen molar-refractivity contribution in [1.29, 1.82) is 5.26 Å². The average Bonchev–Trinajstić information content (AvgIpc) is 3.05. The van der Waals surface area contributed by atoms with Gasteiger partial charge >= 0.3 is 0 Å². The molecule has 2 aromatic rings. The Morgan fingerprint density at radius 2 is 2.12 bits per heavy atom. The monoisotopic (exact) mass is 338 g/mol. The lowest BCUT2D eigenvalue weighted by Crippen LogP contribution is -1.95. The van der Waals surface area contributed by atoms with E-state index in [1.165, 1.54) is 0 Å². The molecule has 0 saturated heterocycles. The number of nitrogens with zero attached hydrogens (tertiary/aromatic N) is 3. The van der Waals surface area contributed by atoms with Crippen LogP contribution >= 0.6 is 0 Å². The van der Waals surface area contributed by atoms with Crippen LogP contribution in [0.4, 0.5) is 5.88 Å². The number of nitriles is 1. The van der Waals surface area contributed by atoms with Crippen LogP contribution in [-0.2, 0) is 0 Å². The molecule has 0 aliphatic carbocycles. The molecule has 0 atom stereocenters. The molecule has 1 N–H and O–H groups in total. The number of rotatable bonds is 8. The summed E-state index contributed by atoms with van der Waals surface area (Å²) in [7, 11) is 1.63. The van der Waals surface area contributed by atoms with Crippen molar-refractivity contribution in [3.63, 3.8) is 0 Å². The Labute approximate surface area is 147 Å². The molecular formula is C19H22N4O2. The van der Waals surface area contributed by atoms with E-state index < -0.39 is 0 Å². The molecule has 0 aliphatic heterocycles. The van der Waals surface area contributed by atoms with Gasteiger partial charge in [0.25, 0.3) is 5.88 Å². The molecule has 1 aromatic heterocycles. The summed E-state index contributed by atoms with van der Waals surface area (Å²) in [5.41, 5.74) is 3.90. The first-order chi connectivity index (χ1) is 12.2. The molecule has 1 aromatic carbocycles. The van der Waals surface area contributed by atoms with Crippen LogP contribution in [0.15, 0.2) is 39.9 Å². The largest absolute Gasteiger partial charge is 0.496 e. The number of nitrogens with one attached hydrogen (secondary N) is 1. The average molecular weight is 338 g/mol. The van der Waals surface area contributed by atoms with Gasteiger partial charge in [0.1, 0.15) is 11.8 Å². The summed E-state index contributed by atoms with van der Waals surface area (Å²) in [6, 6.07) is 9.71. The van der Waals surface area contributed by atoms with Crippen molar-refractivity contribution in [3.8, 4) is 11.8 Å². The number of hydrazone groups is 1. The predicted molar refractivity (Wildman–Crippen MR) is 98.7 cm³/mol. The molecule has 0 spiro atoms. The summed E-state index contributed by atoms with van der Waals surface area (Å²) in [6.45, 7) is 4.14. The maximum Gasteiger partial charge on any atom is 0.252 e. The molecule has 0 amide bonds. The zero-order valence-corrected chi connectivity index (χ0v) is 14.7. The molecule has 0 radical (unpaired) electrons. The van der Waals surface area contributed by atoms with E-state index >= 15 is 0 Å². The molecule has 0 saturated carbocycles. The zero-order valence-electron chi connectivity index (χ0n) is 14.7. The number of para-hydroxylation sites is 1. The van der Waals surface area contributed by atoms with Crippen molar-refractivity contribution in [3.05, 3.63) is 47.5 Å². The first-order valence-electron chi connectivity index (χ1n) is 8.23. The van der Waals surface area contributed by atoms with Crippen LogP contribution in [0.1, 0.15) is 49.8 Å². The van der Waals surface area contributed by atoms with Crippen molar-refractivity contribution in [2.75, 3.05) is 12.5 Å². The standard InChI is InChI=1S/C19H22N4O2/c1-4-14(5-2)18-22-16(13-20)19(25-18)23-21-12-8-10-15-9-6-7-11-17(15)24-3/h6-12,14,23H,4-5H2,1-3H3. The van der Waals surface area contributed by atoms with E-state index in [1.54, 1.807) is 19.4 Å². The van der Waals surface area contributed by atoms with Gasteiger partial charge in [-0.05, 0) is 31.1 Å². The molecule has 0 unspecified atom stereocenters. The fraction of sp³-hybridized carbons (Fsp3) is 0.316. The third-order valence-corrected chi connectivity index (χ3v) is 3.83. The van der Waals surface area contributed by atoms with Crippen LogP contribution in [0, 0.1) is 11.3 Å². The van der Waals surface area contributed by atoms with E-state index in [2.05, 4.69) is 29.4 Å². The molecule has 6 nitrogen and oxygen atoms in total. The Hall–Kier alpha value is -3.07. The van der Waals surface area contributed by atoms with Crippen LogP contribution in [0.25, 0.3) is 6.08 Å². The zero-order chi connectivity index (χ0) is 18.1. The molecule has 1 heterocycles. The summed E-state index contributed by atoms with van der Waals surface area (Å²) in [6.07, 6.45) is 7.05. The lowest BCUT2D eigenvalue weighted by molar-refractivity contribution is 0.414. The summed E-state index contributed by atoms with van der Waals surface area (Å²) < 4.78 is 10.9. The molecule has 25 heavy (non-hydrogen) atoms. The highest BCUT2D eigenvalue weighted by Gasteiger charge is 2.18. The Morgan fingerprint density at radius 3 is 2.80 bits per heavy atom. The third-order valence-electron chi connectivity index (χ3n) is 3.83. The second-order valence-corrected chi connectivity index (χ2v) is 5.35. The van der Waals surface area contributed by atoms with E-state index in [1.807, 2.05) is 36.4 Å². The molecule has 0 aliphatic rings. The van der Waals surface area contributed by atoms with E-state index in [-0.39, 0.29) is 17.5 Å². The Balaban J connectivity index is 2.04. The number of allylic oxidation sites excluding steroid dienone is 1. The van der Waals surface area contributed by atoms with Crippen molar-refractivity contribution < 1.29 is 9.15 Å². The maximum atomic E-state index is 9.18. The first kappa shape index (κ1) is 18.3. The lowest BCUT2D eigenvalue weighted by Gasteiger charge is -2.05. The Kier molecular flexibility index (Phi) is 6.78. The number of hydrogen-bond acceptors (Lipinski definition) is 6.